The van der Waals surface area contributed by atoms with Gasteiger partial charge in [-0.05, 0) is 24.6 Å². The predicted molar refractivity (Wildman–Crippen MR) is 66.7 cm³/mol. The van der Waals surface area contributed by atoms with E-state index in [2.05, 4.69) is 31.2 Å². The van der Waals surface area contributed by atoms with E-state index in [1.165, 1.54) is 5.56 Å². The number of benzene rings is 2. The van der Waals surface area contributed by atoms with Gasteiger partial charge in [-0.2, -0.15) is 0 Å². The average molecular weight is 212 g/mol. The van der Waals surface area contributed by atoms with Crippen molar-refractivity contribution in [1.82, 2.24) is 0 Å². The number of ether oxygens (including phenoxy) is 1. The van der Waals surface area contributed by atoms with Crippen LogP contribution in [0, 0.1) is 0 Å². The molecular weight excluding hydrogens is 196 g/mol. The largest absolute Gasteiger partial charge is 0.490 e. The van der Waals surface area contributed by atoms with Crippen molar-refractivity contribution in [1.29, 1.82) is 0 Å². The van der Waals surface area contributed by atoms with Crippen LogP contribution in [-0.4, -0.2) is 6.10 Å². The summed E-state index contributed by atoms with van der Waals surface area (Å²) in [5.41, 5.74) is 1.31. The Morgan fingerprint density at radius 3 is 2.06 bits per heavy atom. The molecule has 0 saturated carbocycles. The van der Waals surface area contributed by atoms with Gasteiger partial charge in [-0.1, -0.05) is 48.5 Å². The van der Waals surface area contributed by atoms with Crippen LogP contribution in [0.3, 0.4) is 0 Å². The zero-order valence-corrected chi connectivity index (χ0v) is 9.47. The molecule has 2 aromatic carbocycles. The van der Waals surface area contributed by atoms with E-state index in [0.717, 1.165) is 12.2 Å². The third kappa shape index (κ3) is 3.13. The topological polar surface area (TPSA) is 9.23 Å². The fourth-order valence-corrected chi connectivity index (χ4v) is 1.72. The van der Waals surface area contributed by atoms with Gasteiger partial charge < -0.3 is 4.74 Å². The first-order chi connectivity index (χ1) is 7.84. The summed E-state index contributed by atoms with van der Waals surface area (Å²) in [4.78, 5) is 0. The van der Waals surface area contributed by atoms with Gasteiger partial charge in [0, 0.05) is 6.42 Å². The minimum atomic E-state index is 0.199. The molecule has 0 aliphatic heterocycles. The molecule has 2 rings (SSSR count). The molecule has 0 saturated heterocycles. The molecule has 0 unspecified atom stereocenters. The Hall–Kier alpha value is -1.76. The van der Waals surface area contributed by atoms with E-state index >= 15 is 0 Å². The SMILES string of the molecule is C[C@@H](Cc1ccccc1)Oc1ccccc1. The second kappa shape index (κ2) is 5.36. The van der Waals surface area contributed by atoms with Crippen LogP contribution in [0.5, 0.6) is 5.75 Å². The molecule has 82 valence electrons. The lowest BCUT2D eigenvalue weighted by molar-refractivity contribution is 0.222. The highest BCUT2D eigenvalue weighted by molar-refractivity contribution is 5.22. The zero-order valence-electron chi connectivity index (χ0n) is 9.47. The Morgan fingerprint density at radius 1 is 0.875 bits per heavy atom. The molecule has 2 aromatic rings. The van der Waals surface area contributed by atoms with Crippen molar-refractivity contribution in [2.45, 2.75) is 19.4 Å². The molecular formula is C15H16O. The number of rotatable bonds is 4. The highest BCUT2D eigenvalue weighted by atomic mass is 16.5. The van der Waals surface area contributed by atoms with E-state index in [0.29, 0.717) is 0 Å². The summed E-state index contributed by atoms with van der Waals surface area (Å²) in [5, 5.41) is 0. The maximum Gasteiger partial charge on any atom is 0.119 e. The lowest BCUT2D eigenvalue weighted by atomic mass is 10.1. The van der Waals surface area contributed by atoms with Gasteiger partial charge in [0.05, 0.1) is 6.10 Å². The van der Waals surface area contributed by atoms with Crippen molar-refractivity contribution in [2.75, 3.05) is 0 Å². The molecule has 0 spiro atoms. The first kappa shape index (κ1) is 10.7. The van der Waals surface area contributed by atoms with Gasteiger partial charge in [0.15, 0.2) is 0 Å². The van der Waals surface area contributed by atoms with Crippen molar-refractivity contribution in [3.05, 3.63) is 66.2 Å². The summed E-state index contributed by atoms with van der Waals surface area (Å²) in [5.74, 6) is 0.936. The van der Waals surface area contributed by atoms with E-state index in [1.54, 1.807) is 0 Å². The Bertz CT molecular complexity index is 366. The van der Waals surface area contributed by atoms with E-state index in [4.69, 9.17) is 4.74 Å². The van der Waals surface area contributed by atoms with Crippen LogP contribution in [0.15, 0.2) is 60.7 Å². The first-order valence-electron chi connectivity index (χ1n) is 5.60. The van der Waals surface area contributed by atoms with Crippen molar-refractivity contribution in [2.24, 2.45) is 0 Å². The molecule has 1 atom stereocenters. The Balaban J connectivity index is 1.92. The van der Waals surface area contributed by atoms with Crippen LogP contribution in [0.25, 0.3) is 0 Å². The molecule has 0 heterocycles. The van der Waals surface area contributed by atoms with Gasteiger partial charge in [-0.15, -0.1) is 0 Å². The highest BCUT2D eigenvalue weighted by Gasteiger charge is 2.04. The molecule has 0 fully saturated rings. The molecule has 0 bridgehead atoms. The van der Waals surface area contributed by atoms with Crippen LogP contribution in [0.4, 0.5) is 0 Å². The summed E-state index contributed by atoms with van der Waals surface area (Å²) in [6.07, 6.45) is 1.14. The van der Waals surface area contributed by atoms with E-state index in [-0.39, 0.29) is 6.10 Å². The summed E-state index contributed by atoms with van der Waals surface area (Å²) in [7, 11) is 0. The molecule has 0 aromatic heterocycles. The predicted octanol–water partition coefficient (Wildman–Crippen LogP) is 3.70. The minimum absolute atomic E-state index is 0.199. The molecule has 0 N–H and O–H groups in total. The van der Waals surface area contributed by atoms with E-state index in [1.807, 2.05) is 36.4 Å². The van der Waals surface area contributed by atoms with Crippen molar-refractivity contribution < 1.29 is 4.74 Å². The molecule has 0 aliphatic rings. The standard InChI is InChI=1S/C15H16O/c1-13(12-14-8-4-2-5-9-14)16-15-10-6-3-7-11-15/h2-11,13H,12H2,1H3/t13-/m0/s1. The van der Waals surface area contributed by atoms with Gasteiger partial charge in [0.25, 0.3) is 0 Å². The Morgan fingerprint density at radius 2 is 1.44 bits per heavy atom. The van der Waals surface area contributed by atoms with Gasteiger partial charge >= 0.3 is 0 Å². The molecule has 0 radical (unpaired) electrons. The normalized spacial score (nSPS) is 12.1. The third-order valence-corrected chi connectivity index (χ3v) is 2.45. The Labute approximate surface area is 96.7 Å². The van der Waals surface area contributed by atoms with Gasteiger partial charge in [0.1, 0.15) is 5.75 Å². The molecule has 1 nitrogen and oxygen atoms in total. The summed E-state index contributed by atoms with van der Waals surface area (Å²) in [6.45, 7) is 2.10. The van der Waals surface area contributed by atoms with Crippen LogP contribution in [0.2, 0.25) is 0 Å². The molecule has 0 aliphatic carbocycles. The quantitative estimate of drug-likeness (QED) is 0.751. The highest BCUT2D eigenvalue weighted by Crippen LogP contribution is 2.13. The maximum atomic E-state index is 5.82. The zero-order chi connectivity index (χ0) is 11.2. The van der Waals surface area contributed by atoms with Crippen LogP contribution < -0.4 is 4.74 Å². The van der Waals surface area contributed by atoms with Crippen molar-refractivity contribution in [3.63, 3.8) is 0 Å². The number of hydrogen-bond donors (Lipinski definition) is 0. The average Bonchev–Trinajstić information content (AvgIpc) is 2.31. The van der Waals surface area contributed by atoms with Crippen LogP contribution in [-0.2, 0) is 6.42 Å². The summed E-state index contributed by atoms with van der Waals surface area (Å²) in [6, 6.07) is 20.4. The molecule has 16 heavy (non-hydrogen) atoms. The first-order valence-corrected chi connectivity index (χ1v) is 5.60. The van der Waals surface area contributed by atoms with E-state index in [9.17, 15) is 0 Å². The lowest BCUT2D eigenvalue weighted by Crippen LogP contribution is -2.14. The fraction of sp³-hybridized carbons (Fsp3) is 0.200. The van der Waals surface area contributed by atoms with Gasteiger partial charge in [0.2, 0.25) is 0 Å². The van der Waals surface area contributed by atoms with Gasteiger partial charge in [-0.25, -0.2) is 0 Å². The van der Waals surface area contributed by atoms with Gasteiger partial charge in [-0.3, -0.25) is 0 Å². The Kier molecular flexibility index (Phi) is 3.60. The number of para-hydroxylation sites is 1. The van der Waals surface area contributed by atoms with Crippen molar-refractivity contribution >= 4 is 0 Å². The fourth-order valence-electron chi connectivity index (χ4n) is 1.72. The smallest absolute Gasteiger partial charge is 0.119 e. The molecule has 1 heteroatoms. The van der Waals surface area contributed by atoms with Crippen molar-refractivity contribution in [3.8, 4) is 5.75 Å². The second-order valence-corrected chi connectivity index (χ2v) is 3.93. The summed E-state index contributed by atoms with van der Waals surface area (Å²) >= 11 is 0. The molecule has 0 amide bonds. The second-order valence-electron chi connectivity index (χ2n) is 3.93. The summed E-state index contributed by atoms with van der Waals surface area (Å²) < 4.78 is 5.82. The van der Waals surface area contributed by atoms with E-state index < -0.39 is 0 Å². The third-order valence-electron chi connectivity index (χ3n) is 2.45. The maximum absolute atomic E-state index is 5.82. The van der Waals surface area contributed by atoms with Crippen LogP contribution in [0.1, 0.15) is 12.5 Å². The van der Waals surface area contributed by atoms with Crippen LogP contribution >= 0.6 is 0 Å². The monoisotopic (exact) mass is 212 g/mol. The minimum Gasteiger partial charge on any atom is -0.490 e. The number of hydrogen-bond acceptors (Lipinski definition) is 1. The lowest BCUT2D eigenvalue weighted by Gasteiger charge is -2.14.